The topological polar surface area (TPSA) is 48.3 Å². The van der Waals surface area contributed by atoms with Crippen LogP contribution in [-0.2, 0) is 20.2 Å². The number of hydrogen-bond acceptors (Lipinski definition) is 4. The van der Waals surface area contributed by atoms with Crippen LogP contribution in [0, 0.1) is 6.92 Å². The third-order valence-corrected chi connectivity index (χ3v) is 3.72. The Labute approximate surface area is 129 Å². The van der Waals surface area contributed by atoms with E-state index in [1.807, 2.05) is 39.2 Å². The van der Waals surface area contributed by atoms with E-state index in [2.05, 4.69) is 10.4 Å². The van der Waals surface area contributed by atoms with Crippen LogP contribution in [0.3, 0.4) is 0 Å². The number of aromatic nitrogens is 2. The number of nitrogens with one attached hydrogen (secondary N) is 1. The number of ether oxygens (including phenoxy) is 2. The van der Waals surface area contributed by atoms with Gasteiger partial charge in [0.1, 0.15) is 11.8 Å². The highest BCUT2D eigenvalue weighted by atomic mass is 35.5. The van der Waals surface area contributed by atoms with Crippen molar-refractivity contribution in [1.82, 2.24) is 15.1 Å². The molecule has 0 fully saturated rings. The lowest BCUT2D eigenvalue weighted by Gasteiger charge is -2.12. The fraction of sp³-hybridized carbons (Fsp3) is 0.400. The summed E-state index contributed by atoms with van der Waals surface area (Å²) in [5.74, 6) is 1.40. The van der Waals surface area contributed by atoms with Gasteiger partial charge in [-0.15, -0.1) is 0 Å². The molecule has 5 nitrogen and oxygen atoms in total. The molecule has 0 radical (unpaired) electrons. The molecule has 1 heterocycles. The standard InChI is InChI=1S/C15H20ClN3O2/c1-10-12(15(16)19(3)18-10)9-21-13-6-5-11(8-17-2)7-14(13)20-4/h5-7,17H,8-9H2,1-4H3. The number of halogens is 1. The highest BCUT2D eigenvalue weighted by Crippen LogP contribution is 2.30. The van der Waals surface area contributed by atoms with Gasteiger partial charge in [0.15, 0.2) is 11.5 Å². The summed E-state index contributed by atoms with van der Waals surface area (Å²) in [4.78, 5) is 0. The van der Waals surface area contributed by atoms with Gasteiger partial charge in [0.25, 0.3) is 0 Å². The Morgan fingerprint density at radius 1 is 1.33 bits per heavy atom. The Balaban J connectivity index is 2.16. The molecule has 1 N–H and O–H groups in total. The van der Waals surface area contributed by atoms with E-state index in [1.165, 1.54) is 0 Å². The monoisotopic (exact) mass is 309 g/mol. The summed E-state index contributed by atoms with van der Waals surface area (Å²) in [6, 6.07) is 5.88. The van der Waals surface area contributed by atoms with Crippen LogP contribution in [0.4, 0.5) is 0 Å². The predicted molar refractivity (Wildman–Crippen MR) is 83.0 cm³/mol. The van der Waals surface area contributed by atoms with E-state index in [-0.39, 0.29) is 0 Å². The number of aryl methyl sites for hydroxylation is 2. The van der Waals surface area contributed by atoms with Crippen LogP contribution < -0.4 is 14.8 Å². The van der Waals surface area contributed by atoms with Gasteiger partial charge >= 0.3 is 0 Å². The molecule has 0 unspecified atom stereocenters. The van der Waals surface area contributed by atoms with Crippen LogP contribution in [0.25, 0.3) is 0 Å². The molecular weight excluding hydrogens is 290 g/mol. The normalized spacial score (nSPS) is 10.7. The minimum absolute atomic E-state index is 0.361. The summed E-state index contributed by atoms with van der Waals surface area (Å²) in [5, 5.41) is 7.97. The van der Waals surface area contributed by atoms with Crippen LogP contribution >= 0.6 is 11.6 Å². The molecule has 2 rings (SSSR count). The van der Waals surface area contributed by atoms with Crippen molar-refractivity contribution < 1.29 is 9.47 Å². The molecular formula is C15H20ClN3O2. The first-order chi connectivity index (χ1) is 10.1. The molecule has 21 heavy (non-hydrogen) atoms. The average Bonchev–Trinajstić information content (AvgIpc) is 2.71. The molecule has 0 atom stereocenters. The zero-order valence-electron chi connectivity index (χ0n) is 12.7. The van der Waals surface area contributed by atoms with Gasteiger partial charge in [-0.3, -0.25) is 4.68 Å². The van der Waals surface area contributed by atoms with Crippen LogP contribution in [0.2, 0.25) is 5.15 Å². The summed E-state index contributed by atoms with van der Waals surface area (Å²) in [5.41, 5.74) is 2.89. The van der Waals surface area contributed by atoms with E-state index in [1.54, 1.807) is 11.8 Å². The fourth-order valence-corrected chi connectivity index (χ4v) is 2.36. The van der Waals surface area contributed by atoms with E-state index in [4.69, 9.17) is 21.1 Å². The second kappa shape index (κ2) is 6.83. The minimum Gasteiger partial charge on any atom is -0.493 e. The third kappa shape index (κ3) is 3.49. The van der Waals surface area contributed by atoms with Crippen molar-refractivity contribution in [2.24, 2.45) is 7.05 Å². The van der Waals surface area contributed by atoms with Gasteiger partial charge in [0.05, 0.1) is 12.8 Å². The molecule has 0 spiro atoms. The Bertz CT molecular complexity index is 626. The van der Waals surface area contributed by atoms with Crippen LogP contribution in [0.5, 0.6) is 11.5 Å². The number of benzene rings is 1. The maximum absolute atomic E-state index is 6.20. The number of nitrogens with zero attached hydrogens (tertiary/aromatic N) is 2. The van der Waals surface area contributed by atoms with Gasteiger partial charge in [-0.05, 0) is 31.7 Å². The zero-order valence-corrected chi connectivity index (χ0v) is 13.5. The Kier molecular flexibility index (Phi) is 5.09. The van der Waals surface area contributed by atoms with Gasteiger partial charge in [-0.25, -0.2) is 0 Å². The Morgan fingerprint density at radius 3 is 2.67 bits per heavy atom. The molecule has 0 bridgehead atoms. The lowest BCUT2D eigenvalue weighted by Crippen LogP contribution is -2.05. The lowest BCUT2D eigenvalue weighted by atomic mass is 10.2. The largest absolute Gasteiger partial charge is 0.493 e. The average molecular weight is 310 g/mol. The van der Waals surface area contributed by atoms with Gasteiger partial charge < -0.3 is 14.8 Å². The van der Waals surface area contributed by atoms with E-state index >= 15 is 0 Å². The molecule has 2 aromatic rings. The second-order valence-electron chi connectivity index (χ2n) is 4.78. The molecule has 0 aliphatic carbocycles. The smallest absolute Gasteiger partial charge is 0.161 e. The SMILES string of the molecule is CNCc1ccc(OCc2c(C)nn(C)c2Cl)c(OC)c1. The quantitative estimate of drug-likeness (QED) is 0.891. The van der Waals surface area contributed by atoms with Crippen LogP contribution in [0.15, 0.2) is 18.2 Å². The number of methoxy groups -OCH3 is 1. The Hall–Kier alpha value is -1.72. The number of rotatable bonds is 6. The second-order valence-corrected chi connectivity index (χ2v) is 5.14. The summed E-state index contributed by atoms with van der Waals surface area (Å²) in [7, 11) is 5.35. The molecule has 0 saturated carbocycles. The van der Waals surface area contributed by atoms with Crippen molar-refractivity contribution in [2.75, 3.05) is 14.2 Å². The third-order valence-electron chi connectivity index (χ3n) is 3.25. The van der Waals surface area contributed by atoms with Crippen LogP contribution in [0.1, 0.15) is 16.8 Å². The van der Waals surface area contributed by atoms with E-state index in [0.717, 1.165) is 23.4 Å². The highest BCUT2D eigenvalue weighted by Gasteiger charge is 2.13. The van der Waals surface area contributed by atoms with Gasteiger partial charge in [0.2, 0.25) is 0 Å². The van der Waals surface area contributed by atoms with E-state index < -0.39 is 0 Å². The van der Waals surface area contributed by atoms with Crippen LogP contribution in [-0.4, -0.2) is 23.9 Å². The predicted octanol–water partition coefficient (Wildman–Crippen LogP) is 2.69. The molecule has 0 aliphatic heterocycles. The Morgan fingerprint density at radius 2 is 2.10 bits per heavy atom. The highest BCUT2D eigenvalue weighted by molar-refractivity contribution is 6.30. The summed E-state index contributed by atoms with van der Waals surface area (Å²) in [6.07, 6.45) is 0. The van der Waals surface area contributed by atoms with Gasteiger partial charge in [0, 0.05) is 19.2 Å². The van der Waals surface area contributed by atoms with Crippen molar-refractivity contribution in [1.29, 1.82) is 0 Å². The zero-order chi connectivity index (χ0) is 15.4. The first-order valence-electron chi connectivity index (χ1n) is 6.69. The molecule has 0 saturated heterocycles. The minimum atomic E-state index is 0.361. The molecule has 6 heteroatoms. The van der Waals surface area contributed by atoms with Crippen molar-refractivity contribution in [2.45, 2.75) is 20.1 Å². The van der Waals surface area contributed by atoms with Gasteiger partial charge in [-0.1, -0.05) is 17.7 Å². The van der Waals surface area contributed by atoms with Crippen molar-refractivity contribution >= 4 is 11.6 Å². The maximum Gasteiger partial charge on any atom is 0.161 e. The maximum atomic E-state index is 6.20. The van der Waals surface area contributed by atoms with E-state index in [0.29, 0.717) is 23.3 Å². The van der Waals surface area contributed by atoms with E-state index in [9.17, 15) is 0 Å². The fourth-order valence-electron chi connectivity index (χ4n) is 2.13. The number of hydrogen-bond donors (Lipinski definition) is 1. The van der Waals surface area contributed by atoms with Crippen molar-refractivity contribution in [3.05, 3.63) is 40.2 Å². The summed E-state index contributed by atoms with van der Waals surface area (Å²) in [6.45, 7) is 3.06. The molecule has 114 valence electrons. The molecule has 0 amide bonds. The lowest BCUT2D eigenvalue weighted by molar-refractivity contribution is 0.283. The summed E-state index contributed by atoms with van der Waals surface area (Å²) >= 11 is 6.20. The first-order valence-corrected chi connectivity index (χ1v) is 7.07. The summed E-state index contributed by atoms with van der Waals surface area (Å²) < 4.78 is 12.9. The van der Waals surface area contributed by atoms with Crippen molar-refractivity contribution in [3.63, 3.8) is 0 Å². The van der Waals surface area contributed by atoms with Gasteiger partial charge in [-0.2, -0.15) is 5.10 Å². The molecule has 1 aromatic carbocycles. The molecule has 0 aliphatic rings. The first kappa shape index (κ1) is 15.7. The van der Waals surface area contributed by atoms with Crippen molar-refractivity contribution in [3.8, 4) is 11.5 Å². The molecule has 1 aromatic heterocycles.